The van der Waals surface area contributed by atoms with E-state index in [1.165, 1.54) is 5.56 Å². The van der Waals surface area contributed by atoms with Crippen LogP contribution < -0.4 is 5.32 Å². The number of benzene rings is 2. The molecule has 1 N–H and O–H groups in total. The highest BCUT2D eigenvalue weighted by Crippen LogP contribution is 2.20. The normalized spacial score (nSPS) is 14.9. The molecular formula is C25H32IN3O3. The van der Waals surface area contributed by atoms with E-state index in [1.54, 1.807) is 4.90 Å². The summed E-state index contributed by atoms with van der Waals surface area (Å²) in [6.45, 7) is 13.5. The quantitative estimate of drug-likeness (QED) is 0.532. The van der Waals surface area contributed by atoms with Crippen molar-refractivity contribution < 1.29 is 14.3 Å². The van der Waals surface area contributed by atoms with Crippen molar-refractivity contribution in [2.45, 2.75) is 46.8 Å². The first-order valence-corrected chi connectivity index (χ1v) is 12.0. The first-order valence-electron chi connectivity index (χ1n) is 10.9. The predicted octanol–water partition coefficient (Wildman–Crippen LogP) is 5.21. The summed E-state index contributed by atoms with van der Waals surface area (Å²) in [5.41, 5.74) is 4.50. The zero-order valence-corrected chi connectivity index (χ0v) is 21.7. The molecule has 0 radical (unpaired) electrons. The summed E-state index contributed by atoms with van der Waals surface area (Å²) in [5, 5.41) is 3.00. The molecule has 1 aliphatic heterocycles. The molecule has 0 atom stereocenters. The van der Waals surface area contributed by atoms with Gasteiger partial charge in [-0.2, -0.15) is 0 Å². The standard InChI is InChI=1S/C25H32IN3O3/c1-17-6-7-19(15-22(17)26)23(30)27-21-9-8-20(18(2)14-21)16-28-10-12-29(13-11-28)24(31)32-25(3,4)5/h6-9,14-15H,10-13,16H2,1-5H3,(H,27,30). The number of carbonyl (C=O) groups is 2. The second kappa shape index (κ2) is 10.2. The third-order valence-corrected chi connectivity index (χ3v) is 6.61. The predicted molar refractivity (Wildman–Crippen MR) is 136 cm³/mol. The first kappa shape index (κ1) is 24.5. The van der Waals surface area contributed by atoms with Crippen LogP contribution in [-0.4, -0.2) is 53.6 Å². The Kier molecular flexibility index (Phi) is 7.82. The number of aryl methyl sites for hydroxylation is 2. The highest BCUT2D eigenvalue weighted by atomic mass is 127. The van der Waals surface area contributed by atoms with E-state index in [1.807, 2.05) is 58.0 Å². The summed E-state index contributed by atoms with van der Waals surface area (Å²) in [6.07, 6.45) is -0.239. The van der Waals surface area contributed by atoms with E-state index < -0.39 is 5.60 Å². The molecule has 32 heavy (non-hydrogen) atoms. The van der Waals surface area contributed by atoms with E-state index in [0.29, 0.717) is 18.7 Å². The Labute approximate surface area is 204 Å². The first-order chi connectivity index (χ1) is 15.0. The van der Waals surface area contributed by atoms with Gasteiger partial charge in [0.25, 0.3) is 5.91 Å². The van der Waals surface area contributed by atoms with Gasteiger partial charge in [0.2, 0.25) is 0 Å². The van der Waals surface area contributed by atoms with Crippen LogP contribution in [0, 0.1) is 17.4 Å². The van der Waals surface area contributed by atoms with E-state index in [2.05, 4.69) is 45.8 Å². The number of nitrogens with zero attached hydrogens (tertiary/aromatic N) is 2. The molecule has 172 valence electrons. The third kappa shape index (κ3) is 6.68. The lowest BCUT2D eigenvalue weighted by molar-refractivity contribution is 0.0139. The van der Waals surface area contributed by atoms with Gasteiger partial charge in [-0.3, -0.25) is 9.69 Å². The van der Waals surface area contributed by atoms with Crippen LogP contribution in [-0.2, 0) is 11.3 Å². The van der Waals surface area contributed by atoms with E-state index >= 15 is 0 Å². The van der Waals surface area contributed by atoms with Crippen LogP contribution in [0.15, 0.2) is 36.4 Å². The van der Waals surface area contributed by atoms with Crippen molar-refractivity contribution in [3.8, 4) is 0 Å². The Morgan fingerprint density at radius 1 is 1.00 bits per heavy atom. The smallest absolute Gasteiger partial charge is 0.410 e. The molecule has 1 fully saturated rings. The monoisotopic (exact) mass is 549 g/mol. The number of anilines is 1. The Morgan fingerprint density at radius 2 is 1.69 bits per heavy atom. The van der Waals surface area contributed by atoms with Crippen molar-refractivity contribution in [2.75, 3.05) is 31.5 Å². The zero-order valence-electron chi connectivity index (χ0n) is 19.5. The molecule has 0 bridgehead atoms. The van der Waals surface area contributed by atoms with Crippen LogP contribution in [0.2, 0.25) is 0 Å². The van der Waals surface area contributed by atoms with Crippen LogP contribution >= 0.6 is 22.6 Å². The molecule has 2 aromatic carbocycles. The van der Waals surface area contributed by atoms with Crippen molar-refractivity contribution in [2.24, 2.45) is 0 Å². The maximum Gasteiger partial charge on any atom is 0.410 e. The molecule has 1 heterocycles. The lowest BCUT2D eigenvalue weighted by Gasteiger charge is -2.35. The molecule has 0 unspecified atom stereocenters. The molecule has 0 aliphatic carbocycles. The number of piperazine rings is 1. The molecule has 2 amide bonds. The summed E-state index contributed by atoms with van der Waals surface area (Å²) in [7, 11) is 0. The second-order valence-electron chi connectivity index (χ2n) is 9.30. The average molecular weight is 549 g/mol. The van der Waals surface area contributed by atoms with Crippen LogP contribution in [0.3, 0.4) is 0 Å². The summed E-state index contributed by atoms with van der Waals surface area (Å²) >= 11 is 2.25. The number of rotatable bonds is 4. The maximum absolute atomic E-state index is 12.6. The van der Waals surface area contributed by atoms with Crippen molar-refractivity contribution in [1.82, 2.24) is 9.80 Å². The number of nitrogens with one attached hydrogen (secondary N) is 1. The van der Waals surface area contributed by atoms with Crippen molar-refractivity contribution >= 4 is 40.3 Å². The number of hydrogen-bond donors (Lipinski definition) is 1. The maximum atomic E-state index is 12.6. The topological polar surface area (TPSA) is 61.9 Å². The number of amides is 2. The van der Waals surface area contributed by atoms with E-state index in [4.69, 9.17) is 4.74 Å². The number of halogens is 1. The van der Waals surface area contributed by atoms with Gasteiger partial charge in [-0.05, 0) is 98.2 Å². The van der Waals surface area contributed by atoms with Gasteiger partial charge in [0.15, 0.2) is 0 Å². The fraction of sp³-hybridized carbons (Fsp3) is 0.440. The summed E-state index contributed by atoms with van der Waals surface area (Å²) in [5.74, 6) is -0.103. The van der Waals surface area contributed by atoms with E-state index in [0.717, 1.165) is 40.0 Å². The minimum absolute atomic E-state index is 0.103. The van der Waals surface area contributed by atoms with Gasteiger partial charge in [0.05, 0.1) is 0 Å². The number of carbonyl (C=O) groups excluding carboxylic acids is 2. The van der Waals surface area contributed by atoms with Crippen LogP contribution in [0.5, 0.6) is 0 Å². The molecule has 0 aromatic heterocycles. The van der Waals surface area contributed by atoms with Gasteiger partial charge in [-0.25, -0.2) is 4.79 Å². The second-order valence-corrected chi connectivity index (χ2v) is 10.5. The average Bonchev–Trinajstić information content (AvgIpc) is 2.71. The molecule has 0 saturated carbocycles. The van der Waals surface area contributed by atoms with Gasteiger partial charge >= 0.3 is 6.09 Å². The Bertz CT molecular complexity index is 992. The molecule has 6 nitrogen and oxygen atoms in total. The summed E-state index contributed by atoms with van der Waals surface area (Å²) in [4.78, 5) is 29.0. The molecule has 7 heteroatoms. The van der Waals surface area contributed by atoms with Crippen LogP contribution in [0.4, 0.5) is 10.5 Å². The molecule has 1 saturated heterocycles. The number of ether oxygens (including phenoxy) is 1. The summed E-state index contributed by atoms with van der Waals surface area (Å²) in [6, 6.07) is 11.8. The van der Waals surface area contributed by atoms with E-state index in [-0.39, 0.29) is 12.0 Å². The van der Waals surface area contributed by atoms with Crippen molar-refractivity contribution in [1.29, 1.82) is 0 Å². The molecular weight excluding hydrogens is 517 g/mol. The SMILES string of the molecule is Cc1ccc(C(=O)Nc2ccc(CN3CCN(C(=O)OC(C)(C)C)CC3)c(C)c2)cc1I. The Morgan fingerprint density at radius 3 is 2.28 bits per heavy atom. The van der Waals surface area contributed by atoms with Gasteiger partial charge < -0.3 is 15.0 Å². The minimum atomic E-state index is -0.472. The number of hydrogen-bond acceptors (Lipinski definition) is 4. The lowest BCUT2D eigenvalue weighted by atomic mass is 10.1. The fourth-order valence-electron chi connectivity index (χ4n) is 3.54. The summed E-state index contributed by atoms with van der Waals surface area (Å²) < 4.78 is 6.55. The van der Waals surface area contributed by atoms with Gasteiger partial charge in [0.1, 0.15) is 5.60 Å². The minimum Gasteiger partial charge on any atom is -0.444 e. The van der Waals surface area contributed by atoms with Crippen molar-refractivity contribution in [3.05, 3.63) is 62.2 Å². The molecule has 0 spiro atoms. The lowest BCUT2D eigenvalue weighted by Crippen LogP contribution is -2.49. The van der Waals surface area contributed by atoms with E-state index in [9.17, 15) is 9.59 Å². The molecule has 1 aliphatic rings. The zero-order chi connectivity index (χ0) is 23.5. The molecule has 3 rings (SSSR count). The largest absolute Gasteiger partial charge is 0.444 e. The third-order valence-electron chi connectivity index (χ3n) is 5.45. The molecule has 2 aromatic rings. The van der Waals surface area contributed by atoms with Crippen LogP contribution in [0.1, 0.15) is 47.8 Å². The van der Waals surface area contributed by atoms with Gasteiger partial charge in [-0.1, -0.05) is 12.1 Å². The highest BCUT2D eigenvalue weighted by Gasteiger charge is 2.26. The van der Waals surface area contributed by atoms with Crippen LogP contribution in [0.25, 0.3) is 0 Å². The Balaban J connectivity index is 1.55. The highest BCUT2D eigenvalue weighted by molar-refractivity contribution is 14.1. The van der Waals surface area contributed by atoms with Crippen molar-refractivity contribution in [3.63, 3.8) is 0 Å². The van der Waals surface area contributed by atoms with Gasteiger partial charge in [-0.15, -0.1) is 0 Å². The Hall–Kier alpha value is -2.13. The van der Waals surface area contributed by atoms with Gasteiger partial charge in [0, 0.05) is 47.5 Å². The fourth-order valence-corrected chi connectivity index (χ4v) is 4.06.